The minimum atomic E-state index is -1.43. The summed E-state index contributed by atoms with van der Waals surface area (Å²) in [5.74, 6) is -0.572. The van der Waals surface area contributed by atoms with Crippen molar-refractivity contribution in [2.45, 2.75) is 12.1 Å². The largest absolute Gasteiger partial charge is 0.595 e. The summed E-state index contributed by atoms with van der Waals surface area (Å²) in [6, 6.07) is 17.7. The van der Waals surface area contributed by atoms with Gasteiger partial charge in [0.25, 0.3) is 5.91 Å². The van der Waals surface area contributed by atoms with Crippen molar-refractivity contribution in [3.63, 3.8) is 0 Å². The van der Waals surface area contributed by atoms with Crippen LogP contribution in [-0.4, -0.2) is 33.2 Å². The zero-order valence-electron chi connectivity index (χ0n) is 17.6. The lowest BCUT2D eigenvalue weighted by Crippen LogP contribution is -2.99. The predicted molar refractivity (Wildman–Crippen MR) is 123 cm³/mol. The highest BCUT2D eigenvalue weighted by Gasteiger charge is 2.35. The molecule has 4 atom stereocenters. The van der Waals surface area contributed by atoms with Gasteiger partial charge >= 0.3 is 0 Å². The van der Waals surface area contributed by atoms with Crippen LogP contribution in [0, 0.1) is 10.4 Å². The second-order valence-electron chi connectivity index (χ2n) is 7.48. The van der Waals surface area contributed by atoms with Gasteiger partial charge in [0.05, 0.1) is 17.1 Å². The number of hydrogen-bond donors (Lipinski definition) is 8. The minimum absolute atomic E-state index is 0.00413. The Labute approximate surface area is 193 Å². The molecule has 4 rings (SSSR count). The van der Waals surface area contributed by atoms with E-state index in [9.17, 15) is 30.7 Å². The van der Waals surface area contributed by atoms with Gasteiger partial charge in [-0.1, -0.05) is 30.3 Å². The van der Waals surface area contributed by atoms with E-state index in [2.05, 4.69) is 21.2 Å². The van der Waals surface area contributed by atoms with E-state index in [1.807, 2.05) is 6.07 Å². The monoisotopic (exact) mass is 466 g/mol. The third-order valence-corrected chi connectivity index (χ3v) is 5.20. The topological polar surface area (TPSA) is 181 Å². The number of aliphatic hydroxyl groups excluding tert-OH is 1. The molecule has 1 heterocycles. The van der Waals surface area contributed by atoms with E-state index in [4.69, 9.17) is 0 Å². The van der Waals surface area contributed by atoms with E-state index in [1.165, 1.54) is 42.5 Å². The number of benzene rings is 3. The Hall–Kier alpha value is -3.88. The first-order valence-electron chi connectivity index (χ1n) is 10.2. The summed E-state index contributed by atoms with van der Waals surface area (Å²) < 4.78 is 0. The first kappa shape index (κ1) is 23.3. The van der Waals surface area contributed by atoms with Crippen molar-refractivity contribution in [3.05, 3.63) is 88.8 Å². The second-order valence-corrected chi connectivity index (χ2v) is 7.48. The maximum Gasteiger partial charge on any atom is 0.253 e. The number of carbonyl (C=O) groups is 1. The van der Waals surface area contributed by atoms with E-state index >= 15 is 0 Å². The number of quaternary nitrogens is 2. The summed E-state index contributed by atoms with van der Waals surface area (Å²) in [7, 11) is 0. The highest BCUT2D eigenvalue weighted by molar-refractivity contribution is 6.19. The standard InChI is InChI=1S/C22H22N6O6/c29-21(13-5-4-8-15(11-13)27(31)32)19(26-25-14-6-2-1-3-7-14)20-22(30)24-18-12-16(28(33)34)9-10-17(18)23-20/h1-12,20-21,23,25,27-29,31,33H,(H,24,30)/b26-19+. The van der Waals surface area contributed by atoms with Crippen LogP contribution in [0.15, 0.2) is 77.9 Å². The third-order valence-electron chi connectivity index (χ3n) is 5.20. The van der Waals surface area contributed by atoms with Crippen LogP contribution in [0.2, 0.25) is 0 Å². The summed E-state index contributed by atoms with van der Waals surface area (Å²) >= 11 is 0. The van der Waals surface area contributed by atoms with Gasteiger partial charge < -0.3 is 26.2 Å². The van der Waals surface area contributed by atoms with Crippen LogP contribution in [0.25, 0.3) is 0 Å². The Morgan fingerprint density at radius 1 is 0.941 bits per heavy atom. The fraction of sp³-hybridized carbons (Fsp3) is 0.0909. The molecule has 1 aliphatic heterocycles. The van der Waals surface area contributed by atoms with Gasteiger partial charge in [-0.15, -0.1) is 0 Å². The average molecular weight is 466 g/mol. The van der Waals surface area contributed by atoms with E-state index in [0.29, 0.717) is 11.4 Å². The van der Waals surface area contributed by atoms with Crippen molar-refractivity contribution in [1.29, 1.82) is 0 Å². The summed E-state index contributed by atoms with van der Waals surface area (Å²) in [5, 5.41) is 59.9. The molecule has 176 valence electrons. The summed E-state index contributed by atoms with van der Waals surface area (Å²) in [4.78, 5) is 13.0. The van der Waals surface area contributed by atoms with Crippen LogP contribution < -0.4 is 26.5 Å². The molecule has 0 fully saturated rings. The third kappa shape index (κ3) is 5.03. The molecule has 34 heavy (non-hydrogen) atoms. The van der Waals surface area contributed by atoms with E-state index < -0.39 is 28.5 Å². The molecule has 4 unspecified atom stereocenters. The molecule has 0 aliphatic carbocycles. The Morgan fingerprint density at radius 2 is 1.65 bits per heavy atom. The number of amides is 1. The van der Waals surface area contributed by atoms with Crippen molar-refractivity contribution < 1.29 is 30.8 Å². The van der Waals surface area contributed by atoms with Crippen molar-refractivity contribution in [2.75, 3.05) is 16.1 Å². The Bertz CT molecular complexity index is 1200. The molecule has 1 aliphatic rings. The molecule has 0 radical (unpaired) electrons. The van der Waals surface area contributed by atoms with Crippen LogP contribution in [0.5, 0.6) is 0 Å². The predicted octanol–water partition coefficient (Wildman–Crippen LogP) is 0.428. The zero-order chi connectivity index (χ0) is 24.2. The van der Waals surface area contributed by atoms with Gasteiger partial charge in [-0.3, -0.25) is 10.2 Å². The van der Waals surface area contributed by atoms with Gasteiger partial charge in [0.2, 0.25) is 0 Å². The van der Waals surface area contributed by atoms with Crippen LogP contribution >= 0.6 is 0 Å². The minimum Gasteiger partial charge on any atom is -0.595 e. The van der Waals surface area contributed by atoms with Crippen LogP contribution in [0.4, 0.5) is 28.4 Å². The number of hydrogen-bond acceptors (Lipinski definition) is 9. The molecule has 12 heteroatoms. The molecule has 8 N–H and O–H groups in total. The molecule has 3 aromatic carbocycles. The van der Waals surface area contributed by atoms with E-state index in [-0.39, 0.29) is 28.3 Å². The molecule has 0 aromatic heterocycles. The maximum absolute atomic E-state index is 13.0. The molecule has 1 amide bonds. The number of rotatable bonds is 7. The van der Waals surface area contributed by atoms with Crippen LogP contribution in [0.1, 0.15) is 11.7 Å². The Morgan fingerprint density at radius 3 is 2.35 bits per heavy atom. The van der Waals surface area contributed by atoms with Crippen molar-refractivity contribution >= 4 is 40.1 Å². The molecule has 0 saturated heterocycles. The number of nitrogens with zero attached hydrogens (tertiary/aromatic N) is 1. The molecule has 0 saturated carbocycles. The number of aliphatic hydroxyl groups is 1. The fourth-order valence-electron chi connectivity index (χ4n) is 3.48. The molecule has 12 nitrogen and oxygen atoms in total. The lowest BCUT2D eigenvalue weighted by Gasteiger charge is -2.30. The number of nitrogens with one attached hydrogen (secondary N) is 5. The van der Waals surface area contributed by atoms with Gasteiger partial charge in [0.1, 0.15) is 17.9 Å². The molecule has 3 aromatic rings. The smallest absolute Gasteiger partial charge is 0.253 e. The normalized spacial score (nSPS) is 18.2. The van der Waals surface area contributed by atoms with Gasteiger partial charge in [0, 0.05) is 24.3 Å². The number of fused-ring (bicyclic) bond motifs is 1. The SMILES string of the molecule is O=C1Nc2cc([NH+]([O-])O)ccc2NC1/C(=N\Nc1ccccc1)C(O)c1cccc([NH+]([O-])O)c1. The van der Waals surface area contributed by atoms with Crippen molar-refractivity contribution in [2.24, 2.45) is 5.10 Å². The zero-order valence-corrected chi connectivity index (χ0v) is 17.6. The molecule has 0 spiro atoms. The number of anilines is 3. The van der Waals surface area contributed by atoms with Gasteiger partial charge in [0.15, 0.2) is 11.4 Å². The Balaban J connectivity index is 1.70. The van der Waals surface area contributed by atoms with Gasteiger partial charge in [-0.2, -0.15) is 15.6 Å². The first-order valence-corrected chi connectivity index (χ1v) is 10.2. The summed E-state index contributed by atoms with van der Waals surface area (Å²) in [5.41, 5.74) is 4.32. The van der Waals surface area contributed by atoms with Crippen LogP contribution in [-0.2, 0) is 4.79 Å². The van der Waals surface area contributed by atoms with Gasteiger partial charge in [-0.25, -0.2) is 10.4 Å². The highest BCUT2D eigenvalue weighted by atomic mass is 16.8. The Kier molecular flexibility index (Phi) is 6.81. The quantitative estimate of drug-likeness (QED) is 0.182. The fourth-order valence-corrected chi connectivity index (χ4v) is 3.48. The lowest BCUT2D eigenvalue weighted by atomic mass is 9.96. The lowest BCUT2D eigenvalue weighted by molar-refractivity contribution is -0.991. The second kappa shape index (κ2) is 9.94. The summed E-state index contributed by atoms with van der Waals surface area (Å²) in [6.45, 7) is 0. The highest BCUT2D eigenvalue weighted by Crippen LogP contribution is 2.31. The maximum atomic E-state index is 13.0. The molecule has 0 bridgehead atoms. The van der Waals surface area contributed by atoms with Crippen molar-refractivity contribution in [3.8, 4) is 0 Å². The first-order chi connectivity index (χ1) is 16.3. The van der Waals surface area contributed by atoms with E-state index in [1.54, 1.807) is 24.3 Å². The van der Waals surface area contributed by atoms with Crippen molar-refractivity contribution in [1.82, 2.24) is 0 Å². The molecular weight excluding hydrogens is 444 g/mol. The number of hydrazone groups is 1. The number of carbonyl (C=O) groups excluding carboxylic acids is 1. The molecular formula is C22H22N6O6. The average Bonchev–Trinajstić information content (AvgIpc) is 2.84. The van der Waals surface area contributed by atoms with E-state index in [0.717, 1.165) is 0 Å². The number of para-hydroxylation sites is 1. The van der Waals surface area contributed by atoms with Crippen LogP contribution in [0.3, 0.4) is 0 Å². The summed E-state index contributed by atoms with van der Waals surface area (Å²) in [6.07, 6.45) is -1.43. The van der Waals surface area contributed by atoms with Gasteiger partial charge in [-0.05, 0) is 23.8 Å².